The highest BCUT2D eigenvalue weighted by Crippen LogP contribution is 2.71. The number of benzene rings is 3. The number of esters is 5. The van der Waals surface area contributed by atoms with Crippen molar-refractivity contribution in [1.29, 1.82) is 0 Å². The van der Waals surface area contributed by atoms with Crippen LogP contribution in [0.2, 0.25) is 0 Å². The highest BCUT2D eigenvalue weighted by molar-refractivity contribution is 6.26. The maximum atomic E-state index is 15.8. The molecule has 0 unspecified atom stereocenters. The van der Waals surface area contributed by atoms with Gasteiger partial charge in [-0.05, 0) is 34.8 Å². The fourth-order valence-corrected chi connectivity index (χ4v) is 9.12. The normalized spacial score (nSPS) is 29.5. The molecular formula is C42H41NO14. The molecule has 3 aliphatic rings. The monoisotopic (exact) mass is 783 g/mol. The molecule has 0 aromatic heterocycles. The molecule has 6 rings (SSSR count). The molecule has 2 fully saturated rings. The summed E-state index contributed by atoms with van der Waals surface area (Å²) in [4.78, 5) is 92.9. The third-order valence-corrected chi connectivity index (χ3v) is 10.7. The zero-order chi connectivity index (χ0) is 41.4. The molecule has 15 heteroatoms. The van der Waals surface area contributed by atoms with Crippen LogP contribution in [0, 0.1) is 21.4 Å². The number of allylic oxidation sites excluding steroid dienone is 1. The minimum atomic E-state index is -1.98. The number of carbonyl (C=O) groups excluding carboxylic acids is 6. The number of rotatable bonds is 11. The van der Waals surface area contributed by atoms with Crippen molar-refractivity contribution in [3.8, 4) is 0 Å². The topological polar surface area (TPSA) is 201 Å². The molecule has 0 spiro atoms. The molecule has 3 aromatic carbocycles. The Labute approximate surface area is 327 Å². The highest BCUT2D eigenvalue weighted by Gasteiger charge is 2.82. The molecule has 2 bridgehead atoms. The van der Waals surface area contributed by atoms with E-state index in [1.807, 2.05) is 0 Å². The first-order valence-corrected chi connectivity index (χ1v) is 18.2. The van der Waals surface area contributed by atoms with E-state index in [0.717, 1.165) is 34.6 Å². The molecule has 0 radical (unpaired) electrons. The molecule has 1 saturated carbocycles. The van der Waals surface area contributed by atoms with Gasteiger partial charge in [-0.25, -0.2) is 0 Å². The summed E-state index contributed by atoms with van der Waals surface area (Å²) in [6.45, 7) is 6.64. The fraction of sp³-hybridized carbons (Fsp3) is 0.381. The van der Waals surface area contributed by atoms with Gasteiger partial charge in [0.05, 0.1) is 11.3 Å². The number of hydrogen-bond donors (Lipinski definition) is 0. The van der Waals surface area contributed by atoms with Gasteiger partial charge in [0.15, 0.2) is 18.0 Å². The molecule has 15 nitrogen and oxygen atoms in total. The van der Waals surface area contributed by atoms with E-state index in [4.69, 9.17) is 28.4 Å². The van der Waals surface area contributed by atoms with E-state index in [-0.39, 0.29) is 0 Å². The van der Waals surface area contributed by atoms with E-state index in [2.05, 4.69) is 0 Å². The van der Waals surface area contributed by atoms with Crippen LogP contribution >= 0.6 is 0 Å². The van der Waals surface area contributed by atoms with E-state index in [1.54, 1.807) is 91.0 Å². The fourth-order valence-electron chi connectivity index (χ4n) is 9.12. The number of hydrogen-bond acceptors (Lipinski definition) is 14. The molecular weight excluding hydrogens is 742 g/mol. The van der Waals surface area contributed by atoms with Gasteiger partial charge in [0.2, 0.25) is 18.4 Å². The number of ketones is 1. The van der Waals surface area contributed by atoms with Crippen LogP contribution in [0.1, 0.15) is 58.2 Å². The Morgan fingerprint density at radius 3 is 1.58 bits per heavy atom. The number of carbonyl (C=O) groups is 6. The second-order valence-corrected chi connectivity index (χ2v) is 14.3. The third-order valence-electron chi connectivity index (χ3n) is 10.7. The van der Waals surface area contributed by atoms with E-state index in [9.17, 15) is 34.1 Å². The number of nitrogens with zero attached hydrogens (tertiary/aromatic N) is 1. The molecule has 0 N–H and O–H groups in total. The Balaban J connectivity index is 1.74. The standard InChI is InChI=1S/C42H41NO14/c1-22(44)52-33(34-35(53-23(2)45)36(54-24(3)46)37(55-25(4)47)39(57-34)56-26(5)48)32-38(43(50)51)41(6)30(27-16-10-7-11-17-27)31(28-18-12-8-13-19-28)42(32,40(41)49)29-20-14-9-15-21-29/h7-21,32-39H,1-6H3/t32-,33+,34-,35-,36+,37-,38+,39-,41-,42+/m0/s1. The third kappa shape index (κ3) is 6.96. The van der Waals surface area contributed by atoms with Crippen LogP contribution in [-0.4, -0.2) is 83.4 Å². The van der Waals surface area contributed by atoms with Gasteiger partial charge in [-0.15, -0.1) is 0 Å². The van der Waals surface area contributed by atoms with Crippen molar-refractivity contribution in [3.05, 3.63) is 118 Å². The smallest absolute Gasteiger partial charge is 0.305 e. The maximum Gasteiger partial charge on any atom is 0.305 e. The summed E-state index contributed by atoms with van der Waals surface area (Å²) < 4.78 is 34.7. The Kier molecular flexibility index (Phi) is 11.2. The lowest BCUT2D eigenvalue weighted by molar-refractivity contribution is -0.544. The minimum absolute atomic E-state index is 0.322. The number of Topliss-reactive ketones (excluding diaryl/α,β-unsaturated/α-hetero) is 1. The lowest BCUT2D eigenvalue weighted by atomic mass is 9.59. The summed E-state index contributed by atoms with van der Waals surface area (Å²) in [5, 5.41) is 13.8. The Bertz CT molecular complexity index is 2120. The number of ether oxygens (including phenoxy) is 6. The molecule has 1 heterocycles. The first-order valence-electron chi connectivity index (χ1n) is 18.2. The Morgan fingerprint density at radius 2 is 1.11 bits per heavy atom. The van der Waals surface area contributed by atoms with Gasteiger partial charge in [0.1, 0.15) is 17.6 Å². The maximum absolute atomic E-state index is 15.8. The predicted octanol–water partition coefficient (Wildman–Crippen LogP) is 4.41. The molecule has 0 amide bonds. The summed E-state index contributed by atoms with van der Waals surface area (Å²) in [7, 11) is 0. The van der Waals surface area contributed by atoms with Crippen LogP contribution in [0.5, 0.6) is 0 Å². The minimum Gasteiger partial charge on any atom is -0.459 e. The molecule has 298 valence electrons. The summed E-state index contributed by atoms with van der Waals surface area (Å²) in [5.41, 5.74) is -1.70. The average Bonchev–Trinajstić information content (AvgIpc) is 3.48. The van der Waals surface area contributed by atoms with Crippen LogP contribution < -0.4 is 0 Å². The quantitative estimate of drug-likeness (QED) is 0.115. The van der Waals surface area contributed by atoms with Gasteiger partial charge >= 0.3 is 29.8 Å². The van der Waals surface area contributed by atoms with Crippen LogP contribution in [0.4, 0.5) is 0 Å². The van der Waals surface area contributed by atoms with E-state index in [0.29, 0.717) is 27.8 Å². The van der Waals surface area contributed by atoms with Gasteiger partial charge in [-0.2, -0.15) is 0 Å². The zero-order valence-corrected chi connectivity index (χ0v) is 31.9. The molecule has 1 aliphatic heterocycles. The van der Waals surface area contributed by atoms with Gasteiger partial charge in [-0.3, -0.25) is 38.9 Å². The van der Waals surface area contributed by atoms with Crippen molar-refractivity contribution in [2.45, 2.75) is 89.8 Å². The zero-order valence-electron chi connectivity index (χ0n) is 31.9. The second-order valence-electron chi connectivity index (χ2n) is 14.3. The lowest BCUT2D eigenvalue weighted by Crippen LogP contribution is -2.67. The van der Waals surface area contributed by atoms with Crippen molar-refractivity contribution < 1.29 is 62.1 Å². The average molecular weight is 784 g/mol. The van der Waals surface area contributed by atoms with E-state index in [1.165, 1.54) is 6.92 Å². The van der Waals surface area contributed by atoms with Crippen LogP contribution in [-0.2, 0) is 62.6 Å². The van der Waals surface area contributed by atoms with Gasteiger partial charge < -0.3 is 28.4 Å². The van der Waals surface area contributed by atoms with Crippen LogP contribution in [0.15, 0.2) is 91.0 Å². The molecule has 10 atom stereocenters. The first-order chi connectivity index (χ1) is 27.0. The first kappa shape index (κ1) is 40.4. The summed E-state index contributed by atoms with van der Waals surface area (Å²) in [6, 6.07) is 24.2. The van der Waals surface area contributed by atoms with Crippen LogP contribution in [0.25, 0.3) is 11.1 Å². The molecule has 2 aliphatic carbocycles. The van der Waals surface area contributed by atoms with Crippen molar-refractivity contribution in [1.82, 2.24) is 0 Å². The Morgan fingerprint density at radius 1 is 0.649 bits per heavy atom. The van der Waals surface area contributed by atoms with Gasteiger partial charge in [0, 0.05) is 39.5 Å². The van der Waals surface area contributed by atoms with Crippen molar-refractivity contribution in [3.63, 3.8) is 0 Å². The van der Waals surface area contributed by atoms with E-state index < -0.39 is 100 Å². The largest absolute Gasteiger partial charge is 0.459 e. The molecule has 1 saturated heterocycles. The lowest BCUT2D eigenvalue weighted by Gasteiger charge is -2.49. The van der Waals surface area contributed by atoms with Gasteiger partial charge in [-0.1, -0.05) is 91.0 Å². The molecule has 3 aromatic rings. The van der Waals surface area contributed by atoms with Gasteiger partial charge in [0.25, 0.3) is 0 Å². The second kappa shape index (κ2) is 15.7. The SMILES string of the molecule is CC(=O)O[C@H]1O[C@@H]([C@H](OC(C)=O)[C@H]2[C@@H]([N+](=O)[O-])[C@@]3(C)C(=O)[C@]2(c2ccccc2)C(c2ccccc2)=C3c2ccccc2)[C@H](OC(C)=O)[C@@H](OC(C)=O)[C@@H]1OC(C)=O. The summed E-state index contributed by atoms with van der Waals surface area (Å²) >= 11 is 0. The van der Waals surface area contributed by atoms with Crippen molar-refractivity contribution in [2.75, 3.05) is 0 Å². The van der Waals surface area contributed by atoms with Crippen molar-refractivity contribution >= 4 is 46.8 Å². The van der Waals surface area contributed by atoms with E-state index >= 15 is 4.79 Å². The number of fused-ring (bicyclic) bond motifs is 2. The predicted molar refractivity (Wildman–Crippen MR) is 198 cm³/mol. The number of nitro groups is 1. The highest BCUT2D eigenvalue weighted by atomic mass is 16.7. The molecule has 57 heavy (non-hydrogen) atoms. The van der Waals surface area contributed by atoms with Crippen LogP contribution in [0.3, 0.4) is 0 Å². The summed E-state index contributed by atoms with van der Waals surface area (Å²) in [6.07, 6.45) is -11.0. The Hall–Kier alpha value is -6.22. The van der Waals surface area contributed by atoms with Crippen molar-refractivity contribution in [2.24, 2.45) is 11.3 Å². The summed E-state index contributed by atoms with van der Waals surface area (Å²) in [5.74, 6) is -6.98.